The Kier molecular flexibility index (Phi) is 9.08. The molecule has 0 aliphatic carbocycles. The van der Waals surface area contributed by atoms with Crippen molar-refractivity contribution < 1.29 is 4.79 Å². The van der Waals surface area contributed by atoms with E-state index in [-0.39, 0.29) is 36.8 Å². The first-order valence-electron chi connectivity index (χ1n) is 6.05. The fraction of sp³-hybridized carbons (Fsp3) is 0.385. The zero-order valence-electron chi connectivity index (χ0n) is 11.8. The average Bonchev–Trinajstić information content (AvgIpc) is 3.06. The van der Waals surface area contributed by atoms with Crippen molar-refractivity contribution in [2.24, 2.45) is 5.73 Å². The predicted molar refractivity (Wildman–Crippen MR) is 94.9 cm³/mol. The molecular weight excluding hydrogens is 349 g/mol. The molecule has 1 atom stereocenters. The number of hydrogen-bond acceptors (Lipinski definition) is 5. The minimum absolute atomic E-state index is 0. The molecule has 2 aromatic rings. The highest BCUT2D eigenvalue weighted by atomic mass is 35.5. The summed E-state index contributed by atoms with van der Waals surface area (Å²) in [5.74, 6) is 0.0565. The molecule has 21 heavy (non-hydrogen) atoms. The Morgan fingerprint density at radius 2 is 2.14 bits per heavy atom. The molecule has 0 spiro atoms. The van der Waals surface area contributed by atoms with Gasteiger partial charge in [0.05, 0.1) is 17.0 Å². The molecule has 118 valence electrons. The van der Waals surface area contributed by atoms with E-state index in [1.165, 1.54) is 0 Å². The van der Waals surface area contributed by atoms with E-state index in [9.17, 15) is 4.79 Å². The number of nitrogens with zero attached hydrogens (tertiary/aromatic N) is 2. The number of rotatable bonds is 5. The van der Waals surface area contributed by atoms with Crippen LogP contribution in [0.25, 0.3) is 9.88 Å². The van der Waals surface area contributed by atoms with Gasteiger partial charge in [0.25, 0.3) is 0 Å². The second-order valence-electron chi connectivity index (χ2n) is 4.39. The molecule has 0 bridgehead atoms. The average molecular weight is 368 g/mol. The van der Waals surface area contributed by atoms with Crippen molar-refractivity contribution in [2.75, 3.05) is 13.6 Å². The molecular formula is C13H19Cl2N3OS2. The summed E-state index contributed by atoms with van der Waals surface area (Å²) < 4.78 is 0. The van der Waals surface area contributed by atoms with Crippen LogP contribution in [0.4, 0.5) is 0 Å². The summed E-state index contributed by atoms with van der Waals surface area (Å²) in [6, 6.07) is 4.10. The number of nitrogens with two attached hydrogens (primary N) is 1. The Morgan fingerprint density at radius 3 is 2.71 bits per heavy atom. The van der Waals surface area contributed by atoms with Crippen LogP contribution in [0.15, 0.2) is 22.9 Å². The fourth-order valence-electron chi connectivity index (χ4n) is 1.59. The highest BCUT2D eigenvalue weighted by Gasteiger charge is 2.16. The number of thiophene rings is 1. The number of carbonyl (C=O) groups is 1. The summed E-state index contributed by atoms with van der Waals surface area (Å²) in [5.41, 5.74) is 6.39. The quantitative estimate of drug-likeness (QED) is 0.883. The van der Waals surface area contributed by atoms with Crippen LogP contribution >= 0.6 is 47.5 Å². The van der Waals surface area contributed by atoms with Gasteiger partial charge in [0.1, 0.15) is 5.01 Å². The van der Waals surface area contributed by atoms with E-state index in [0.29, 0.717) is 13.0 Å². The van der Waals surface area contributed by atoms with Gasteiger partial charge in [-0.1, -0.05) is 6.07 Å². The Bertz CT molecular complexity index is 545. The van der Waals surface area contributed by atoms with Gasteiger partial charge in [-0.3, -0.25) is 4.79 Å². The highest BCUT2D eigenvalue weighted by molar-refractivity contribution is 7.20. The number of thiazole rings is 1. The molecule has 0 aliphatic rings. The molecule has 0 saturated heterocycles. The molecule has 8 heteroatoms. The molecule has 0 fully saturated rings. The van der Waals surface area contributed by atoms with Gasteiger partial charge in [0.2, 0.25) is 5.91 Å². The van der Waals surface area contributed by atoms with E-state index >= 15 is 0 Å². The molecule has 2 aromatic heterocycles. The number of hydrogen-bond donors (Lipinski definition) is 1. The van der Waals surface area contributed by atoms with Gasteiger partial charge in [0, 0.05) is 25.0 Å². The van der Waals surface area contributed by atoms with Crippen LogP contribution in [-0.2, 0) is 11.2 Å². The lowest BCUT2D eigenvalue weighted by atomic mass is 10.2. The predicted octanol–water partition coefficient (Wildman–Crippen LogP) is 3.06. The number of amides is 1. The third-order valence-electron chi connectivity index (χ3n) is 3.01. The third-order valence-corrected chi connectivity index (χ3v) is 4.94. The molecule has 0 radical (unpaired) electrons. The van der Waals surface area contributed by atoms with Crippen LogP contribution in [0.5, 0.6) is 0 Å². The van der Waals surface area contributed by atoms with Crippen LogP contribution in [0, 0.1) is 0 Å². The van der Waals surface area contributed by atoms with Crippen molar-refractivity contribution in [1.82, 2.24) is 9.88 Å². The topological polar surface area (TPSA) is 59.2 Å². The summed E-state index contributed by atoms with van der Waals surface area (Å²) in [4.78, 5) is 19.4. The first-order chi connectivity index (χ1) is 9.11. The maximum absolute atomic E-state index is 12.0. The summed E-state index contributed by atoms with van der Waals surface area (Å²) in [6.45, 7) is 2.41. The normalized spacial score (nSPS) is 11.2. The van der Waals surface area contributed by atoms with Crippen molar-refractivity contribution in [3.63, 3.8) is 0 Å². The molecule has 0 aromatic carbocycles. The van der Waals surface area contributed by atoms with Gasteiger partial charge < -0.3 is 10.6 Å². The number of aromatic nitrogens is 1. The lowest BCUT2D eigenvalue weighted by Gasteiger charge is -2.23. The van der Waals surface area contributed by atoms with Crippen molar-refractivity contribution in [1.29, 1.82) is 0 Å². The van der Waals surface area contributed by atoms with Crippen molar-refractivity contribution in [2.45, 2.75) is 19.4 Å². The third kappa shape index (κ3) is 5.23. The van der Waals surface area contributed by atoms with E-state index in [4.69, 9.17) is 5.73 Å². The second kappa shape index (κ2) is 9.38. The first-order valence-corrected chi connectivity index (χ1v) is 7.81. The lowest BCUT2D eigenvalue weighted by Crippen LogP contribution is -2.40. The molecule has 2 rings (SSSR count). The van der Waals surface area contributed by atoms with Gasteiger partial charge in [-0.15, -0.1) is 47.5 Å². The Balaban J connectivity index is 0.00000200. The molecule has 2 heterocycles. The second-order valence-corrected chi connectivity index (χ2v) is 6.19. The number of likely N-dealkylation sites (N-methyl/N-ethyl adjacent to an activating group) is 1. The Hall–Kier alpha value is -0.660. The van der Waals surface area contributed by atoms with Crippen LogP contribution in [0.2, 0.25) is 0 Å². The fourth-order valence-corrected chi connectivity index (χ4v) is 3.22. The van der Waals surface area contributed by atoms with Crippen LogP contribution in [-0.4, -0.2) is 35.4 Å². The zero-order chi connectivity index (χ0) is 13.8. The number of halogens is 2. The molecule has 0 aliphatic heterocycles. The van der Waals surface area contributed by atoms with E-state index in [2.05, 4.69) is 4.98 Å². The van der Waals surface area contributed by atoms with E-state index in [1.54, 1.807) is 34.6 Å². The molecule has 1 unspecified atom stereocenters. The van der Waals surface area contributed by atoms with Gasteiger partial charge in [-0.05, 0) is 18.4 Å². The minimum atomic E-state index is 0. The Morgan fingerprint density at radius 1 is 1.43 bits per heavy atom. The maximum atomic E-state index is 12.0. The molecule has 4 nitrogen and oxygen atoms in total. The van der Waals surface area contributed by atoms with Gasteiger partial charge in [-0.2, -0.15) is 0 Å². The van der Waals surface area contributed by atoms with E-state index < -0.39 is 0 Å². The van der Waals surface area contributed by atoms with E-state index in [0.717, 1.165) is 15.6 Å². The smallest absolute Gasteiger partial charge is 0.228 e. The zero-order valence-corrected chi connectivity index (χ0v) is 15.1. The van der Waals surface area contributed by atoms with Crippen molar-refractivity contribution >= 4 is 53.4 Å². The monoisotopic (exact) mass is 367 g/mol. The summed E-state index contributed by atoms with van der Waals surface area (Å²) in [7, 11) is 1.78. The van der Waals surface area contributed by atoms with Crippen LogP contribution < -0.4 is 5.73 Å². The molecule has 0 saturated carbocycles. The highest BCUT2D eigenvalue weighted by Crippen LogP contribution is 2.27. The molecule has 2 N–H and O–H groups in total. The Labute approximate surface area is 145 Å². The largest absolute Gasteiger partial charge is 0.341 e. The maximum Gasteiger partial charge on any atom is 0.228 e. The van der Waals surface area contributed by atoms with Crippen molar-refractivity contribution in [3.05, 3.63) is 28.6 Å². The number of carbonyl (C=O) groups excluding carboxylic acids is 1. The summed E-state index contributed by atoms with van der Waals surface area (Å²) >= 11 is 3.24. The van der Waals surface area contributed by atoms with Crippen LogP contribution in [0.3, 0.4) is 0 Å². The summed E-state index contributed by atoms with van der Waals surface area (Å²) in [6.07, 6.45) is 0.336. The first kappa shape index (κ1) is 20.3. The van der Waals surface area contributed by atoms with Crippen LogP contribution in [0.1, 0.15) is 12.6 Å². The van der Waals surface area contributed by atoms with Crippen molar-refractivity contribution in [3.8, 4) is 9.88 Å². The molecule has 1 amide bonds. The minimum Gasteiger partial charge on any atom is -0.341 e. The SMILES string of the molecule is CC(CN)N(C)C(=O)Cc1csc(-c2cccs2)n1.Cl.Cl. The summed E-state index contributed by atoms with van der Waals surface area (Å²) in [5, 5.41) is 4.96. The van der Waals surface area contributed by atoms with Gasteiger partial charge in [0.15, 0.2) is 0 Å². The van der Waals surface area contributed by atoms with E-state index in [1.807, 2.05) is 29.8 Å². The van der Waals surface area contributed by atoms with Gasteiger partial charge in [-0.25, -0.2) is 4.98 Å². The van der Waals surface area contributed by atoms with Gasteiger partial charge >= 0.3 is 0 Å². The standard InChI is InChI=1S/C13H17N3OS2.2ClH/c1-9(7-14)16(2)12(17)6-10-8-19-13(15-10)11-4-3-5-18-11;;/h3-5,8-9H,6-7,14H2,1-2H3;2*1H. The lowest BCUT2D eigenvalue weighted by molar-refractivity contribution is -0.130.